The van der Waals surface area contributed by atoms with Crippen molar-refractivity contribution in [2.75, 3.05) is 23.4 Å². The van der Waals surface area contributed by atoms with Crippen molar-refractivity contribution in [3.8, 4) is 0 Å². The van der Waals surface area contributed by atoms with Gasteiger partial charge in [0.1, 0.15) is 5.82 Å². The molecule has 1 atom stereocenters. The fourth-order valence-corrected chi connectivity index (χ4v) is 3.27. The Labute approximate surface area is 128 Å². The highest BCUT2D eigenvalue weighted by atomic mass is 32.2. The number of urea groups is 1. The summed E-state index contributed by atoms with van der Waals surface area (Å²) < 4.78 is 50.8. The normalized spacial score (nSPS) is 21.7. The molecule has 1 aromatic rings. The molecule has 0 spiro atoms. The van der Waals surface area contributed by atoms with Crippen molar-refractivity contribution in [3.63, 3.8) is 0 Å². The lowest BCUT2D eigenvalue weighted by molar-refractivity contribution is -0.139. The summed E-state index contributed by atoms with van der Waals surface area (Å²) in [4.78, 5) is 11.6. The smallest absolute Gasteiger partial charge is 0.387 e. The van der Waals surface area contributed by atoms with Gasteiger partial charge in [-0.15, -0.1) is 0 Å². The Morgan fingerprint density at radius 1 is 1.41 bits per heavy atom. The molecular weight excluding hydrogens is 324 g/mol. The number of alkyl halides is 3. The van der Waals surface area contributed by atoms with E-state index in [1.165, 1.54) is 0 Å². The van der Waals surface area contributed by atoms with Crippen LogP contribution < -0.4 is 10.6 Å². The van der Waals surface area contributed by atoms with Gasteiger partial charge < -0.3 is 15.7 Å². The van der Waals surface area contributed by atoms with Gasteiger partial charge in [-0.25, -0.2) is 9.18 Å². The molecule has 0 radical (unpaired) electrons. The summed E-state index contributed by atoms with van der Waals surface area (Å²) in [6, 6.07) is 1.43. The van der Waals surface area contributed by atoms with Crippen LogP contribution in [0.3, 0.4) is 0 Å². The topological polar surface area (TPSA) is 61.4 Å². The first-order valence-corrected chi connectivity index (χ1v) is 7.57. The second-order valence-electron chi connectivity index (χ2n) is 5.03. The van der Waals surface area contributed by atoms with E-state index in [1.807, 2.05) is 0 Å². The molecular formula is C13H14F4N2O2S. The van der Waals surface area contributed by atoms with E-state index >= 15 is 0 Å². The molecule has 4 nitrogen and oxygen atoms in total. The molecule has 0 aliphatic carbocycles. The second kappa shape index (κ2) is 6.33. The number of hydrogen-bond donors (Lipinski definition) is 3. The summed E-state index contributed by atoms with van der Waals surface area (Å²) in [5, 5.41) is 14.6. The first-order valence-electron chi connectivity index (χ1n) is 6.41. The largest absolute Gasteiger partial charge is 0.419 e. The van der Waals surface area contributed by atoms with Crippen molar-refractivity contribution < 1.29 is 27.5 Å². The fourth-order valence-electron chi connectivity index (χ4n) is 1.98. The van der Waals surface area contributed by atoms with Crippen LogP contribution in [0.25, 0.3) is 0 Å². The Hall–Kier alpha value is -1.48. The quantitative estimate of drug-likeness (QED) is 0.743. The molecule has 9 heteroatoms. The maximum absolute atomic E-state index is 13.1. The van der Waals surface area contributed by atoms with Crippen molar-refractivity contribution in [2.24, 2.45) is 0 Å². The minimum atomic E-state index is -4.84. The molecule has 1 fully saturated rings. The van der Waals surface area contributed by atoms with Gasteiger partial charge in [0.05, 0.1) is 11.2 Å². The van der Waals surface area contributed by atoms with Crippen molar-refractivity contribution in [1.29, 1.82) is 0 Å². The molecule has 1 saturated heterocycles. The van der Waals surface area contributed by atoms with Gasteiger partial charge >= 0.3 is 12.2 Å². The first-order chi connectivity index (χ1) is 10.2. The van der Waals surface area contributed by atoms with Gasteiger partial charge in [-0.05, 0) is 30.4 Å². The SMILES string of the molecule is O=C(NCC1(O)CCSC1)Nc1ccc(F)c(C(F)(F)F)c1. The third-order valence-electron chi connectivity index (χ3n) is 3.19. The number of thioether (sulfide) groups is 1. The van der Waals surface area contributed by atoms with Gasteiger partial charge in [-0.2, -0.15) is 24.9 Å². The number of carbonyl (C=O) groups excluding carboxylic acids is 1. The van der Waals surface area contributed by atoms with Crippen LogP contribution >= 0.6 is 11.8 Å². The first kappa shape index (κ1) is 16.9. The Bertz CT molecular complexity index is 559. The summed E-state index contributed by atoms with van der Waals surface area (Å²) in [6.07, 6.45) is -4.30. The third-order valence-corrected chi connectivity index (χ3v) is 4.42. The van der Waals surface area contributed by atoms with Crippen LogP contribution in [0, 0.1) is 5.82 Å². The van der Waals surface area contributed by atoms with Crippen LogP contribution in [0.1, 0.15) is 12.0 Å². The lowest BCUT2D eigenvalue weighted by Gasteiger charge is -2.21. The molecule has 1 aliphatic heterocycles. The second-order valence-corrected chi connectivity index (χ2v) is 6.13. The number of anilines is 1. The lowest BCUT2D eigenvalue weighted by Crippen LogP contribution is -2.44. The summed E-state index contributed by atoms with van der Waals surface area (Å²) in [5.74, 6) is -0.134. The maximum atomic E-state index is 13.1. The van der Waals surface area contributed by atoms with Crippen LogP contribution in [-0.4, -0.2) is 34.8 Å². The number of halogens is 4. The molecule has 22 heavy (non-hydrogen) atoms. The van der Waals surface area contributed by atoms with E-state index in [4.69, 9.17) is 0 Å². The number of amides is 2. The van der Waals surface area contributed by atoms with E-state index in [-0.39, 0.29) is 12.2 Å². The zero-order valence-electron chi connectivity index (χ0n) is 11.3. The van der Waals surface area contributed by atoms with Crippen molar-refractivity contribution in [2.45, 2.75) is 18.2 Å². The average Bonchev–Trinajstić information content (AvgIpc) is 2.85. The maximum Gasteiger partial charge on any atom is 0.419 e. The van der Waals surface area contributed by atoms with Gasteiger partial charge in [-0.3, -0.25) is 0 Å². The Morgan fingerprint density at radius 3 is 2.73 bits per heavy atom. The molecule has 0 bridgehead atoms. The predicted octanol–water partition coefficient (Wildman–Crippen LogP) is 2.83. The lowest BCUT2D eigenvalue weighted by atomic mass is 10.0. The molecule has 1 aliphatic rings. The number of benzene rings is 1. The van der Waals surface area contributed by atoms with Gasteiger partial charge in [-0.1, -0.05) is 0 Å². The highest BCUT2D eigenvalue weighted by Gasteiger charge is 2.34. The van der Waals surface area contributed by atoms with Crippen LogP contribution in [0.5, 0.6) is 0 Å². The Morgan fingerprint density at radius 2 is 2.14 bits per heavy atom. The van der Waals surface area contributed by atoms with Crippen molar-refractivity contribution >= 4 is 23.5 Å². The van der Waals surface area contributed by atoms with E-state index in [1.54, 1.807) is 11.8 Å². The minimum Gasteiger partial charge on any atom is -0.387 e. The average molecular weight is 338 g/mol. The van der Waals surface area contributed by atoms with E-state index < -0.39 is 29.2 Å². The van der Waals surface area contributed by atoms with E-state index in [2.05, 4.69) is 10.6 Å². The Kier molecular flexibility index (Phi) is 4.86. The van der Waals surface area contributed by atoms with Crippen LogP contribution in [0.4, 0.5) is 28.0 Å². The number of rotatable bonds is 3. The highest BCUT2D eigenvalue weighted by Crippen LogP contribution is 2.33. The molecule has 2 amide bonds. The Balaban J connectivity index is 1.97. The van der Waals surface area contributed by atoms with Crippen molar-refractivity contribution in [1.82, 2.24) is 5.32 Å². The standard InChI is InChI=1S/C13H14F4N2O2S/c14-10-2-1-8(5-9(10)13(15,16)17)19-11(20)18-6-12(21)3-4-22-7-12/h1-2,5,21H,3-4,6-7H2,(H2,18,19,20). The molecule has 1 unspecified atom stereocenters. The van der Waals surface area contributed by atoms with E-state index in [9.17, 15) is 27.5 Å². The molecule has 0 saturated carbocycles. The van der Waals surface area contributed by atoms with Crippen LogP contribution in [0.2, 0.25) is 0 Å². The van der Waals surface area contributed by atoms with Crippen LogP contribution in [0.15, 0.2) is 18.2 Å². The van der Waals surface area contributed by atoms with Gasteiger partial charge in [0.2, 0.25) is 0 Å². The molecule has 2 rings (SSSR count). The fraction of sp³-hybridized carbons (Fsp3) is 0.462. The molecule has 1 aromatic carbocycles. The van der Waals surface area contributed by atoms with E-state index in [0.29, 0.717) is 24.3 Å². The minimum absolute atomic E-state index is 0.000837. The van der Waals surface area contributed by atoms with Crippen molar-refractivity contribution in [3.05, 3.63) is 29.6 Å². The molecule has 1 heterocycles. The van der Waals surface area contributed by atoms with Crippen LogP contribution in [-0.2, 0) is 6.18 Å². The number of hydrogen-bond acceptors (Lipinski definition) is 3. The summed E-state index contributed by atoms with van der Waals surface area (Å²) >= 11 is 1.55. The summed E-state index contributed by atoms with van der Waals surface area (Å²) in [7, 11) is 0. The zero-order chi connectivity index (χ0) is 16.4. The molecule has 0 aromatic heterocycles. The zero-order valence-corrected chi connectivity index (χ0v) is 12.2. The molecule has 122 valence electrons. The monoisotopic (exact) mass is 338 g/mol. The summed E-state index contributed by atoms with van der Waals surface area (Å²) in [6.45, 7) is -0.000837. The summed E-state index contributed by atoms with van der Waals surface area (Å²) in [5.41, 5.74) is -2.63. The van der Waals surface area contributed by atoms with E-state index in [0.717, 1.165) is 11.8 Å². The number of aliphatic hydroxyl groups is 1. The predicted molar refractivity (Wildman–Crippen MR) is 75.3 cm³/mol. The number of nitrogens with one attached hydrogen (secondary N) is 2. The highest BCUT2D eigenvalue weighted by molar-refractivity contribution is 7.99. The van der Waals surface area contributed by atoms with Gasteiger partial charge in [0.15, 0.2) is 0 Å². The third kappa shape index (κ3) is 4.26. The van der Waals surface area contributed by atoms with Gasteiger partial charge in [0.25, 0.3) is 0 Å². The molecule has 3 N–H and O–H groups in total. The number of carbonyl (C=O) groups is 1. The van der Waals surface area contributed by atoms with Gasteiger partial charge in [0, 0.05) is 18.0 Å².